The van der Waals surface area contributed by atoms with Crippen LogP contribution in [0, 0.1) is 51.5 Å². The second-order valence-electron chi connectivity index (χ2n) is 34.8. The number of halogens is 9. The number of fused-ring (bicyclic) bond motifs is 2. The molecule has 3 atom stereocenters. The molecule has 5 aliphatic rings. The van der Waals surface area contributed by atoms with E-state index in [1.165, 1.54) is 147 Å². The third-order valence-corrected chi connectivity index (χ3v) is 23.0. The number of hydrogen-bond acceptors (Lipinski definition) is 20. The molecule has 7 heterocycles. The first-order chi connectivity index (χ1) is 62.2. The number of esters is 2. The normalized spacial score (nSPS) is 16.2. The van der Waals surface area contributed by atoms with E-state index < -0.39 is 74.1 Å². The molecule has 6 aromatic heterocycles. The molecule has 0 spiro atoms. The highest BCUT2D eigenvalue weighted by Crippen LogP contribution is 2.47. The van der Waals surface area contributed by atoms with Crippen molar-refractivity contribution >= 4 is 64.5 Å². The number of aldehydes is 3. The number of carbonyl (C=O) groups excluding carboxylic acids is 5. The minimum atomic E-state index is -5.12. The Morgan fingerprint density at radius 2 is 1.02 bits per heavy atom. The Labute approximate surface area is 757 Å². The number of alkyl halides is 9. The van der Waals surface area contributed by atoms with Crippen LogP contribution in [-0.2, 0) is 85.2 Å². The summed E-state index contributed by atoms with van der Waals surface area (Å²) < 4.78 is 153. The zero-order valence-corrected chi connectivity index (χ0v) is 75.9. The number of aromatic nitrogens is 10. The standard InChI is InChI=1S/C24H31N5O3.C22H20F9NO.C15H17N5O2.2C9H16O.C7H5NO4.C7H12O.C3H4O/c1-24(2,3)23(31)32-16-28-10-8-20-21(14-25-27-22(20)28)18-13-26-29(15-18)19(9-11-30)12-17-6-4-5-7-17;1-12-6-13(8-15(7-12)20(23,24)25)19(33-2,18-4-3-5-32-18)14-9-16(21(26,27)28)11-17(10-14)22(29,30)31;1-15(2,3)14(21)22-9-20-5-4-11-12(8-18-19-13(11)20)10-6-16-17-7-10;2*1-10-8-4-7-9-5-2-3-6-9;9-7(10)5-1-3-6(4-2-5)8(11)12;8-6-5-7-3-1-2-4-7;1-2-3-4/h8,10-11,13-15,17,19H,4-7,9,12,16H2,1-3H3;6-11,18,32H,3-5H2,1-2H3;4-8H,9H2,1-3H3,(H,16,17);2*4,8-9H,2-3,5-7H2,1H3;1-4H,(H,9,10);6-7H,1-5H2;2-3H,1H2/b;;;2*8-4+;;;/t19-;18-,19?;;;;;;/m11....../s1. The highest BCUT2D eigenvalue weighted by atomic mass is 19.4. The van der Waals surface area contributed by atoms with Crippen LogP contribution in [-0.4, -0.2) is 130 Å². The van der Waals surface area contributed by atoms with E-state index in [2.05, 4.69) is 59.7 Å². The monoisotopic (exact) mass is 1840 g/mol. The van der Waals surface area contributed by atoms with Crippen molar-refractivity contribution < 1.29 is 102 Å². The van der Waals surface area contributed by atoms with Gasteiger partial charge in [-0.1, -0.05) is 121 Å². The number of allylic oxidation sites excluding steroid dienone is 3. The lowest BCUT2D eigenvalue weighted by atomic mass is 9.77. The van der Waals surface area contributed by atoms with Gasteiger partial charge in [-0.05, 0) is 195 Å². The van der Waals surface area contributed by atoms with Gasteiger partial charge in [0.1, 0.15) is 24.5 Å². The maximum atomic E-state index is 13.5. The van der Waals surface area contributed by atoms with Crippen molar-refractivity contribution in [3.63, 3.8) is 0 Å². The number of aromatic carboxylic acids is 1. The number of rotatable bonds is 26. The number of H-pyrrole nitrogens is 1. The van der Waals surface area contributed by atoms with Crippen molar-refractivity contribution in [2.45, 2.75) is 246 Å². The number of carboxylic acids is 1. The van der Waals surface area contributed by atoms with Gasteiger partial charge < -0.3 is 43.7 Å². The summed E-state index contributed by atoms with van der Waals surface area (Å²) in [5.41, 5.74) is -3.02. The molecule has 1 aliphatic heterocycles. The third-order valence-electron chi connectivity index (χ3n) is 23.0. The summed E-state index contributed by atoms with van der Waals surface area (Å²) in [6, 6.07) is 11.6. The fourth-order valence-electron chi connectivity index (χ4n) is 16.1. The van der Waals surface area contributed by atoms with E-state index in [0.717, 1.165) is 102 Å². The van der Waals surface area contributed by atoms with Crippen LogP contribution in [0.2, 0.25) is 0 Å². The van der Waals surface area contributed by atoms with E-state index >= 15 is 0 Å². The number of aryl methyl sites for hydroxylation is 1. The second-order valence-corrected chi connectivity index (χ2v) is 34.8. The Morgan fingerprint density at radius 3 is 1.40 bits per heavy atom. The summed E-state index contributed by atoms with van der Waals surface area (Å²) >= 11 is 0. The van der Waals surface area contributed by atoms with Crippen LogP contribution in [0.15, 0.2) is 160 Å². The molecular weight excluding hydrogens is 1720 g/mol. The van der Waals surface area contributed by atoms with Gasteiger partial charge in [-0.15, -0.1) is 10.2 Å². The van der Waals surface area contributed by atoms with Gasteiger partial charge in [0.05, 0.1) is 95.6 Å². The predicted octanol–water partition coefficient (Wildman–Crippen LogP) is 22.5. The summed E-state index contributed by atoms with van der Waals surface area (Å²) in [5.74, 6) is 1.70. The summed E-state index contributed by atoms with van der Waals surface area (Å²) in [5, 5.41) is 51.3. The highest BCUT2D eigenvalue weighted by molar-refractivity contribution is 5.93. The van der Waals surface area contributed by atoms with Crippen LogP contribution < -0.4 is 5.32 Å². The third kappa shape index (κ3) is 32.6. The lowest BCUT2D eigenvalue weighted by Crippen LogP contribution is -2.48. The fraction of sp³-hybridized carbons (Fsp3) is 0.500. The summed E-state index contributed by atoms with van der Waals surface area (Å²) in [4.78, 5) is 74.2. The van der Waals surface area contributed by atoms with Gasteiger partial charge in [0.25, 0.3) is 5.69 Å². The molecule has 5 fully saturated rings. The minimum absolute atomic E-state index is 0.0244. The Hall–Kier alpha value is -11.8. The van der Waals surface area contributed by atoms with Gasteiger partial charge in [0.15, 0.2) is 24.8 Å². The Morgan fingerprint density at radius 1 is 0.580 bits per heavy atom. The van der Waals surface area contributed by atoms with Crippen molar-refractivity contribution in [1.29, 1.82) is 0 Å². The first-order valence-electron chi connectivity index (χ1n) is 43.8. The number of carboxylic acid groups (broad SMARTS) is 1. The predicted molar refractivity (Wildman–Crippen MR) is 477 cm³/mol. The number of nitro benzene ring substituents is 1. The van der Waals surface area contributed by atoms with Crippen molar-refractivity contribution in [1.82, 2.24) is 54.8 Å². The molecule has 0 radical (unpaired) electrons. The smallest absolute Gasteiger partial charge is 0.416 e. The van der Waals surface area contributed by atoms with E-state index in [-0.39, 0.29) is 66.3 Å². The van der Waals surface area contributed by atoms with E-state index in [9.17, 15) is 73.6 Å². The fourth-order valence-corrected chi connectivity index (χ4v) is 16.1. The molecule has 35 heteroatoms. The largest absolute Gasteiger partial charge is 0.505 e. The van der Waals surface area contributed by atoms with E-state index in [1.54, 1.807) is 60.7 Å². The SMILES string of the molecule is C=CC=O.CC(C)(C)C(=O)OCn1ccc2c(-c3cn[nH]c3)cnnc21.CC(C)(C)C(=O)OCn1ccc2c(-c3cnn([C@H](CC=O)CC4CCCC4)c3)cnnc21.CO/C=C/CC1CCCC1.CO/C=C/CC1CCCC1.COC(c1cc(C)cc(C(F)(F)F)c1)(c1cc(C(F)(F)F)cc(C(F)(F)F)c1)[C@H]1CCCN1.O=C(O)c1ccc([N+](=O)[O-])cc1.O=CCC1CCCC1. The average molecular weight is 1840 g/mol. The Balaban J connectivity index is 0.000000220. The topological polar surface area (TPSA) is 332 Å². The number of non-ortho nitro benzene ring substituents is 1. The number of aromatic amines is 1. The van der Waals surface area contributed by atoms with Crippen LogP contribution in [0.5, 0.6) is 0 Å². The molecule has 14 rings (SSSR count). The van der Waals surface area contributed by atoms with Crippen molar-refractivity contribution in [2.75, 3.05) is 27.9 Å². The zero-order chi connectivity index (χ0) is 96.1. The summed E-state index contributed by atoms with van der Waals surface area (Å²) in [7, 11) is 4.46. The summed E-state index contributed by atoms with van der Waals surface area (Å²) in [6.07, 6.45) is 38.4. The van der Waals surface area contributed by atoms with Crippen molar-refractivity contribution in [3.05, 3.63) is 209 Å². The van der Waals surface area contributed by atoms with Crippen LogP contribution in [0.1, 0.15) is 239 Å². The second kappa shape index (κ2) is 51.2. The maximum absolute atomic E-state index is 13.5. The highest BCUT2D eigenvalue weighted by Gasteiger charge is 2.48. The molecule has 712 valence electrons. The van der Waals surface area contributed by atoms with Crippen LogP contribution in [0.25, 0.3) is 44.3 Å². The Kier molecular flexibility index (Phi) is 41.5. The van der Waals surface area contributed by atoms with Gasteiger partial charge in [-0.2, -0.15) is 59.9 Å². The van der Waals surface area contributed by atoms with Crippen LogP contribution >= 0.6 is 0 Å². The number of nitrogens with one attached hydrogen (secondary N) is 2. The van der Waals surface area contributed by atoms with Gasteiger partial charge >= 0.3 is 36.4 Å². The zero-order valence-electron chi connectivity index (χ0n) is 75.9. The van der Waals surface area contributed by atoms with Crippen molar-refractivity contribution in [2.24, 2.45) is 34.5 Å². The minimum Gasteiger partial charge on any atom is -0.505 e. The lowest BCUT2D eigenvalue weighted by Gasteiger charge is -2.40. The Bertz CT molecular complexity index is 5040. The maximum Gasteiger partial charge on any atom is 0.416 e. The molecule has 3 N–H and O–H groups in total. The van der Waals surface area contributed by atoms with Gasteiger partial charge in [0.2, 0.25) is 0 Å². The molecule has 4 saturated carbocycles. The molecule has 9 aromatic rings. The number of methoxy groups -OCH3 is 3. The van der Waals surface area contributed by atoms with E-state index in [4.69, 9.17) is 33.6 Å². The molecule has 1 saturated heterocycles. The van der Waals surface area contributed by atoms with E-state index in [0.29, 0.717) is 61.1 Å². The quantitative estimate of drug-likeness (QED) is 0.00862. The molecule has 0 amide bonds. The van der Waals surface area contributed by atoms with E-state index in [1.807, 2.05) is 83.1 Å². The molecule has 1 unspecified atom stereocenters. The first kappa shape index (κ1) is 106. The molecular formula is C96H121F9N12O14. The molecule has 131 heavy (non-hydrogen) atoms. The average Bonchev–Trinajstić information content (AvgIpc) is 1.49. The molecule has 3 aromatic carbocycles. The van der Waals surface area contributed by atoms with Gasteiger partial charge in [0, 0.05) is 95.9 Å². The van der Waals surface area contributed by atoms with Crippen LogP contribution in [0.4, 0.5) is 45.2 Å². The number of carbonyl (C=O) groups is 6. The number of nitro groups is 1. The number of hydrogen-bond donors (Lipinski definition) is 3. The van der Waals surface area contributed by atoms with Gasteiger partial charge in [-0.3, -0.25) is 43.4 Å². The number of ether oxygens (including phenoxy) is 5. The molecule has 26 nitrogen and oxygen atoms in total. The number of nitrogens with zero attached hydrogens (tertiary/aromatic N) is 10. The van der Waals surface area contributed by atoms with Gasteiger partial charge in [-0.25, -0.2) is 4.79 Å². The summed E-state index contributed by atoms with van der Waals surface area (Å²) in [6.45, 7) is 16.0. The lowest BCUT2D eigenvalue weighted by molar-refractivity contribution is -0.384. The molecule has 4 aliphatic carbocycles. The first-order valence-corrected chi connectivity index (χ1v) is 43.8. The number of benzene rings is 3. The van der Waals surface area contributed by atoms with Crippen molar-refractivity contribution in [3.8, 4) is 22.3 Å². The molecule has 0 bridgehead atoms. The van der Waals surface area contributed by atoms with Crippen LogP contribution in [0.3, 0.4) is 0 Å².